The van der Waals surface area contributed by atoms with Gasteiger partial charge < -0.3 is 15.1 Å². The zero-order chi connectivity index (χ0) is 16.1. The van der Waals surface area contributed by atoms with Gasteiger partial charge in [0, 0.05) is 33.2 Å². The molecule has 5 heteroatoms. The van der Waals surface area contributed by atoms with E-state index in [-0.39, 0.29) is 24.0 Å². The van der Waals surface area contributed by atoms with E-state index in [1.54, 1.807) is 0 Å². The van der Waals surface area contributed by atoms with Crippen molar-refractivity contribution in [3.63, 3.8) is 0 Å². The molecule has 1 atom stereocenters. The molecule has 0 spiro atoms. The fraction of sp³-hybridized carbons (Fsp3) is 0.611. The van der Waals surface area contributed by atoms with Crippen molar-refractivity contribution >= 4 is 29.9 Å². The van der Waals surface area contributed by atoms with E-state index in [2.05, 4.69) is 72.4 Å². The number of benzene rings is 1. The van der Waals surface area contributed by atoms with Crippen molar-refractivity contribution in [2.24, 2.45) is 10.9 Å². The summed E-state index contributed by atoms with van der Waals surface area (Å²) in [6.45, 7) is 4.00. The van der Waals surface area contributed by atoms with Crippen LogP contribution >= 0.6 is 24.0 Å². The highest BCUT2D eigenvalue weighted by molar-refractivity contribution is 14.0. The number of aliphatic imine (C=N–C) groups is 1. The molecule has 1 N–H and O–H groups in total. The van der Waals surface area contributed by atoms with E-state index in [0.717, 1.165) is 25.0 Å². The highest BCUT2D eigenvalue weighted by atomic mass is 127. The van der Waals surface area contributed by atoms with Crippen molar-refractivity contribution in [3.05, 3.63) is 35.4 Å². The van der Waals surface area contributed by atoms with Crippen molar-refractivity contribution in [1.29, 1.82) is 0 Å². The molecule has 1 unspecified atom stereocenters. The minimum atomic E-state index is 0. The molecule has 0 heterocycles. The Labute approximate surface area is 158 Å². The van der Waals surface area contributed by atoms with Crippen LogP contribution in [0.1, 0.15) is 24.0 Å². The maximum absolute atomic E-state index is 4.44. The Bertz CT molecular complexity index is 509. The van der Waals surface area contributed by atoms with Crippen LogP contribution in [0.2, 0.25) is 0 Å². The van der Waals surface area contributed by atoms with E-state index in [9.17, 15) is 0 Å². The number of hydrogen-bond donors (Lipinski definition) is 1. The molecule has 130 valence electrons. The Morgan fingerprint density at radius 2 is 1.91 bits per heavy atom. The number of halogens is 1. The molecule has 0 radical (unpaired) electrons. The minimum Gasteiger partial charge on any atom is -0.355 e. The van der Waals surface area contributed by atoms with E-state index in [1.807, 2.05) is 7.05 Å². The van der Waals surface area contributed by atoms with Crippen molar-refractivity contribution < 1.29 is 0 Å². The molecule has 23 heavy (non-hydrogen) atoms. The molecule has 1 aliphatic rings. The average Bonchev–Trinajstić information content (AvgIpc) is 3.30. The molecule has 2 rings (SSSR count). The van der Waals surface area contributed by atoms with E-state index in [0.29, 0.717) is 6.04 Å². The van der Waals surface area contributed by atoms with Gasteiger partial charge in [0.1, 0.15) is 0 Å². The van der Waals surface area contributed by atoms with Crippen LogP contribution in [0.15, 0.2) is 29.3 Å². The number of hydrogen-bond acceptors (Lipinski definition) is 2. The summed E-state index contributed by atoms with van der Waals surface area (Å²) in [7, 11) is 8.30. The lowest BCUT2D eigenvalue weighted by atomic mass is 10.1. The lowest BCUT2D eigenvalue weighted by molar-refractivity contribution is 0.262. The molecule has 0 amide bonds. The maximum atomic E-state index is 4.44. The summed E-state index contributed by atoms with van der Waals surface area (Å²) in [5.74, 6) is 1.82. The van der Waals surface area contributed by atoms with E-state index >= 15 is 0 Å². The zero-order valence-corrected chi connectivity index (χ0v) is 17.4. The molecule has 1 saturated carbocycles. The second kappa shape index (κ2) is 9.47. The van der Waals surface area contributed by atoms with Crippen LogP contribution in [-0.2, 0) is 6.54 Å². The van der Waals surface area contributed by atoms with Crippen LogP contribution in [0.4, 0.5) is 0 Å². The van der Waals surface area contributed by atoms with Gasteiger partial charge in [-0.05, 0) is 50.9 Å². The number of aryl methyl sites for hydroxylation is 1. The number of likely N-dealkylation sites (N-methyl/N-ethyl adjacent to an activating group) is 1. The maximum Gasteiger partial charge on any atom is 0.193 e. The van der Waals surface area contributed by atoms with Gasteiger partial charge >= 0.3 is 0 Å². The van der Waals surface area contributed by atoms with Gasteiger partial charge in [-0.1, -0.05) is 24.3 Å². The summed E-state index contributed by atoms with van der Waals surface area (Å²) in [4.78, 5) is 8.97. The Kier molecular flexibility index (Phi) is 8.33. The quantitative estimate of drug-likeness (QED) is 0.428. The van der Waals surface area contributed by atoms with Gasteiger partial charge in [-0.15, -0.1) is 24.0 Å². The highest BCUT2D eigenvalue weighted by Crippen LogP contribution is 2.34. The molecule has 1 fully saturated rings. The van der Waals surface area contributed by atoms with Crippen molar-refractivity contribution in [1.82, 2.24) is 15.1 Å². The van der Waals surface area contributed by atoms with Gasteiger partial charge in [-0.25, -0.2) is 0 Å². The van der Waals surface area contributed by atoms with Crippen molar-refractivity contribution in [2.75, 3.05) is 34.7 Å². The Morgan fingerprint density at radius 3 is 2.43 bits per heavy atom. The molecule has 0 aromatic heterocycles. The van der Waals surface area contributed by atoms with E-state index in [4.69, 9.17) is 0 Å². The summed E-state index contributed by atoms with van der Waals surface area (Å²) in [6, 6.07) is 9.13. The first-order valence-electron chi connectivity index (χ1n) is 8.15. The van der Waals surface area contributed by atoms with Crippen molar-refractivity contribution in [3.8, 4) is 0 Å². The predicted octanol–water partition coefficient (Wildman–Crippen LogP) is 2.96. The third-order valence-electron chi connectivity index (χ3n) is 4.54. The first kappa shape index (κ1) is 20.2. The highest BCUT2D eigenvalue weighted by Gasteiger charge is 2.32. The van der Waals surface area contributed by atoms with Crippen LogP contribution in [0.3, 0.4) is 0 Å². The summed E-state index contributed by atoms with van der Waals surface area (Å²) < 4.78 is 0. The summed E-state index contributed by atoms with van der Waals surface area (Å²) >= 11 is 0. The molecule has 1 aliphatic carbocycles. The number of nitrogens with zero attached hydrogens (tertiary/aromatic N) is 3. The molecular weight excluding hydrogens is 399 g/mol. The molecule has 0 bridgehead atoms. The van der Waals surface area contributed by atoms with Crippen LogP contribution in [0, 0.1) is 12.8 Å². The Balaban J connectivity index is 0.00000264. The molecule has 1 aromatic rings. The normalized spacial score (nSPS) is 16.0. The van der Waals surface area contributed by atoms with Crippen LogP contribution in [0.5, 0.6) is 0 Å². The third kappa shape index (κ3) is 5.95. The lowest BCUT2D eigenvalue weighted by Crippen LogP contribution is -2.46. The molecule has 0 saturated heterocycles. The van der Waals surface area contributed by atoms with Gasteiger partial charge in [0.05, 0.1) is 0 Å². The number of rotatable bonds is 6. The van der Waals surface area contributed by atoms with Crippen LogP contribution in [-0.4, -0.2) is 56.5 Å². The SMILES string of the molecule is CN=C(NCC(C1CC1)N(C)C)N(C)Cc1ccccc1C.I. The fourth-order valence-corrected chi connectivity index (χ4v) is 2.95. The zero-order valence-electron chi connectivity index (χ0n) is 15.0. The number of guanidine groups is 1. The van der Waals surface area contributed by atoms with Gasteiger partial charge in [0.15, 0.2) is 5.96 Å². The Hall–Kier alpha value is -0.820. The minimum absolute atomic E-state index is 0. The predicted molar refractivity (Wildman–Crippen MR) is 110 cm³/mol. The molecule has 4 nitrogen and oxygen atoms in total. The van der Waals surface area contributed by atoms with Gasteiger partial charge in [-0.3, -0.25) is 4.99 Å². The third-order valence-corrected chi connectivity index (χ3v) is 4.54. The molecule has 0 aliphatic heterocycles. The summed E-state index contributed by atoms with van der Waals surface area (Å²) in [6.07, 6.45) is 2.73. The number of nitrogens with one attached hydrogen (secondary N) is 1. The largest absolute Gasteiger partial charge is 0.355 e. The van der Waals surface area contributed by atoms with Gasteiger partial charge in [0.25, 0.3) is 0 Å². The first-order valence-corrected chi connectivity index (χ1v) is 8.15. The van der Waals surface area contributed by atoms with Gasteiger partial charge in [0.2, 0.25) is 0 Å². The van der Waals surface area contributed by atoms with Crippen LogP contribution < -0.4 is 5.32 Å². The first-order chi connectivity index (χ1) is 10.5. The standard InChI is InChI=1S/C18H30N4.HI/c1-14-8-6-7-9-16(14)13-22(5)18(19-2)20-12-17(21(3)4)15-10-11-15;/h6-9,15,17H,10-13H2,1-5H3,(H,19,20);1H. The fourth-order valence-electron chi connectivity index (χ4n) is 2.95. The van der Waals surface area contributed by atoms with Gasteiger partial charge in [-0.2, -0.15) is 0 Å². The van der Waals surface area contributed by atoms with E-state index in [1.165, 1.54) is 24.0 Å². The Morgan fingerprint density at radius 1 is 1.26 bits per heavy atom. The monoisotopic (exact) mass is 430 g/mol. The average molecular weight is 430 g/mol. The summed E-state index contributed by atoms with van der Waals surface area (Å²) in [5, 5.41) is 3.55. The summed E-state index contributed by atoms with van der Waals surface area (Å²) in [5.41, 5.74) is 2.67. The molecular formula is C18H31IN4. The topological polar surface area (TPSA) is 30.9 Å². The second-order valence-electron chi connectivity index (χ2n) is 6.58. The molecule has 1 aromatic carbocycles. The van der Waals surface area contributed by atoms with Crippen LogP contribution in [0.25, 0.3) is 0 Å². The van der Waals surface area contributed by atoms with Crippen molar-refractivity contribution in [2.45, 2.75) is 32.4 Å². The second-order valence-corrected chi connectivity index (χ2v) is 6.58. The lowest BCUT2D eigenvalue weighted by Gasteiger charge is -2.28. The smallest absolute Gasteiger partial charge is 0.193 e. The van der Waals surface area contributed by atoms with E-state index < -0.39 is 0 Å².